The van der Waals surface area contributed by atoms with Crippen LogP contribution in [0, 0.1) is 10.1 Å². The van der Waals surface area contributed by atoms with Crippen LogP contribution in [-0.2, 0) is 4.79 Å². The number of hydrogen-bond donors (Lipinski definition) is 2. The van der Waals surface area contributed by atoms with Crippen LogP contribution in [-0.4, -0.2) is 28.5 Å². The van der Waals surface area contributed by atoms with Gasteiger partial charge < -0.3 is 15.2 Å². The third-order valence-electron chi connectivity index (χ3n) is 2.82. The Bertz CT molecular complexity index is 745. The summed E-state index contributed by atoms with van der Waals surface area (Å²) in [6, 6.07) is 11.7. The number of carbonyl (C=O) groups excluding carboxylic acids is 1. The zero-order valence-electron chi connectivity index (χ0n) is 11.8. The molecule has 118 valence electrons. The fourth-order valence-corrected chi connectivity index (χ4v) is 1.78. The first-order chi connectivity index (χ1) is 11.0. The Kier molecular flexibility index (Phi) is 4.88. The summed E-state index contributed by atoms with van der Waals surface area (Å²) in [5, 5.41) is 22.4. The van der Waals surface area contributed by atoms with Crippen molar-refractivity contribution in [2.24, 2.45) is 0 Å². The van der Waals surface area contributed by atoms with Gasteiger partial charge in [0.15, 0.2) is 12.4 Å². The number of carboxylic acid groups (broad SMARTS) is 1. The van der Waals surface area contributed by atoms with Gasteiger partial charge in [-0.3, -0.25) is 14.9 Å². The molecule has 2 N–H and O–H groups in total. The summed E-state index contributed by atoms with van der Waals surface area (Å²) in [6.45, 7) is -0.487. The van der Waals surface area contributed by atoms with Crippen LogP contribution in [0.25, 0.3) is 0 Å². The van der Waals surface area contributed by atoms with Crippen LogP contribution < -0.4 is 10.1 Å². The van der Waals surface area contributed by atoms with Gasteiger partial charge in [-0.15, -0.1) is 0 Å². The molecule has 1 amide bonds. The van der Waals surface area contributed by atoms with E-state index in [4.69, 9.17) is 9.84 Å². The monoisotopic (exact) mass is 316 g/mol. The van der Waals surface area contributed by atoms with Crippen molar-refractivity contribution in [2.45, 2.75) is 0 Å². The molecule has 0 aliphatic carbocycles. The van der Waals surface area contributed by atoms with Crippen LogP contribution in [0.1, 0.15) is 10.4 Å². The van der Waals surface area contributed by atoms with Crippen molar-refractivity contribution in [2.75, 3.05) is 11.9 Å². The number of rotatable bonds is 6. The van der Waals surface area contributed by atoms with Crippen molar-refractivity contribution in [1.82, 2.24) is 0 Å². The Hall–Kier alpha value is -3.42. The molecule has 0 atom stereocenters. The Morgan fingerprint density at radius 2 is 1.87 bits per heavy atom. The van der Waals surface area contributed by atoms with Crippen LogP contribution in [0.15, 0.2) is 48.5 Å². The molecule has 2 aromatic rings. The molecule has 0 bridgehead atoms. The summed E-state index contributed by atoms with van der Waals surface area (Å²) >= 11 is 0. The van der Waals surface area contributed by atoms with Gasteiger partial charge in [0.2, 0.25) is 0 Å². The van der Waals surface area contributed by atoms with E-state index in [0.717, 1.165) is 18.2 Å². The minimum atomic E-state index is -1.25. The number of carboxylic acids is 1. The molecule has 0 spiro atoms. The van der Waals surface area contributed by atoms with Gasteiger partial charge in [-0.05, 0) is 18.2 Å². The first kappa shape index (κ1) is 16.0. The van der Waals surface area contributed by atoms with Gasteiger partial charge in [-0.25, -0.2) is 4.79 Å². The van der Waals surface area contributed by atoms with E-state index in [9.17, 15) is 19.7 Å². The van der Waals surface area contributed by atoms with Crippen LogP contribution in [0.3, 0.4) is 0 Å². The third kappa shape index (κ3) is 4.27. The SMILES string of the molecule is O=C(COc1cc(C(=O)O)ccc1[N+](=O)[O-])Nc1ccccc1. The fourth-order valence-electron chi connectivity index (χ4n) is 1.78. The van der Waals surface area contributed by atoms with E-state index in [2.05, 4.69) is 5.32 Å². The predicted molar refractivity (Wildman–Crippen MR) is 80.6 cm³/mol. The van der Waals surface area contributed by atoms with Crippen molar-refractivity contribution in [3.8, 4) is 5.75 Å². The molecule has 0 fully saturated rings. The molecule has 0 aromatic heterocycles. The van der Waals surface area contributed by atoms with Crippen molar-refractivity contribution < 1.29 is 24.4 Å². The van der Waals surface area contributed by atoms with E-state index >= 15 is 0 Å². The van der Waals surface area contributed by atoms with E-state index < -0.39 is 29.1 Å². The number of benzene rings is 2. The van der Waals surface area contributed by atoms with Crippen molar-refractivity contribution in [3.05, 3.63) is 64.2 Å². The number of amides is 1. The average molecular weight is 316 g/mol. The summed E-state index contributed by atoms with van der Waals surface area (Å²) in [7, 11) is 0. The van der Waals surface area contributed by atoms with Crippen LogP contribution in [0.5, 0.6) is 5.75 Å². The zero-order chi connectivity index (χ0) is 16.8. The number of nitrogens with zero attached hydrogens (tertiary/aromatic N) is 1. The number of nitrogens with one attached hydrogen (secondary N) is 1. The molecule has 2 rings (SSSR count). The maximum atomic E-state index is 11.8. The number of nitro benzene ring substituents is 1. The quantitative estimate of drug-likeness (QED) is 0.623. The molecule has 0 saturated carbocycles. The lowest BCUT2D eigenvalue weighted by atomic mass is 10.2. The molecule has 23 heavy (non-hydrogen) atoms. The van der Waals surface area contributed by atoms with Crippen LogP contribution >= 0.6 is 0 Å². The second-order valence-corrected chi connectivity index (χ2v) is 4.45. The second kappa shape index (κ2) is 7.03. The fraction of sp³-hybridized carbons (Fsp3) is 0.0667. The topological polar surface area (TPSA) is 119 Å². The molecule has 2 aromatic carbocycles. The van der Waals surface area contributed by atoms with Gasteiger partial charge >= 0.3 is 11.7 Å². The van der Waals surface area contributed by atoms with E-state index in [1.54, 1.807) is 30.3 Å². The minimum absolute atomic E-state index is 0.172. The minimum Gasteiger partial charge on any atom is -0.478 e. The normalized spacial score (nSPS) is 9.91. The van der Waals surface area contributed by atoms with Crippen LogP contribution in [0.2, 0.25) is 0 Å². The van der Waals surface area contributed by atoms with Gasteiger partial charge in [-0.1, -0.05) is 18.2 Å². The summed E-state index contributed by atoms with van der Waals surface area (Å²) in [5.74, 6) is -2.05. The lowest BCUT2D eigenvalue weighted by molar-refractivity contribution is -0.385. The number of para-hydroxylation sites is 1. The number of anilines is 1. The van der Waals surface area contributed by atoms with Gasteiger partial charge in [0.05, 0.1) is 10.5 Å². The summed E-state index contributed by atoms with van der Waals surface area (Å²) in [6.07, 6.45) is 0. The maximum absolute atomic E-state index is 11.8. The van der Waals surface area contributed by atoms with Crippen molar-refractivity contribution >= 4 is 23.3 Å². The van der Waals surface area contributed by atoms with Gasteiger partial charge in [0, 0.05) is 17.8 Å². The van der Waals surface area contributed by atoms with Crippen LogP contribution in [0.4, 0.5) is 11.4 Å². The Morgan fingerprint density at radius 1 is 1.17 bits per heavy atom. The summed E-state index contributed by atoms with van der Waals surface area (Å²) in [4.78, 5) is 32.9. The number of nitro groups is 1. The zero-order valence-corrected chi connectivity index (χ0v) is 11.8. The predicted octanol–water partition coefficient (Wildman–Crippen LogP) is 2.31. The smallest absolute Gasteiger partial charge is 0.335 e. The highest BCUT2D eigenvalue weighted by Crippen LogP contribution is 2.28. The van der Waals surface area contributed by atoms with Crippen molar-refractivity contribution in [1.29, 1.82) is 0 Å². The molecule has 0 heterocycles. The largest absolute Gasteiger partial charge is 0.478 e. The summed E-state index contributed by atoms with van der Waals surface area (Å²) in [5.41, 5.74) is -0.0357. The molecule has 0 radical (unpaired) electrons. The number of carbonyl (C=O) groups is 2. The average Bonchev–Trinajstić information content (AvgIpc) is 2.53. The lowest BCUT2D eigenvalue weighted by Gasteiger charge is -2.08. The first-order valence-corrected chi connectivity index (χ1v) is 6.47. The molecular formula is C15H12N2O6. The third-order valence-corrected chi connectivity index (χ3v) is 2.82. The Labute approximate surface area is 130 Å². The molecule has 0 aliphatic rings. The van der Waals surface area contributed by atoms with E-state index in [0.29, 0.717) is 5.69 Å². The van der Waals surface area contributed by atoms with E-state index in [1.807, 2.05) is 0 Å². The highest BCUT2D eigenvalue weighted by Gasteiger charge is 2.18. The van der Waals surface area contributed by atoms with Gasteiger partial charge in [-0.2, -0.15) is 0 Å². The molecule has 8 heteroatoms. The number of aromatic carboxylic acids is 1. The second-order valence-electron chi connectivity index (χ2n) is 4.45. The summed E-state index contributed by atoms with van der Waals surface area (Å²) < 4.78 is 5.11. The van der Waals surface area contributed by atoms with Crippen molar-refractivity contribution in [3.63, 3.8) is 0 Å². The highest BCUT2D eigenvalue weighted by atomic mass is 16.6. The lowest BCUT2D eigenvalue weighted by Crippen LogP contribution is -2.20. The van der Waals surface area contributed by atoms with Gasteiger partial charge in [0.1, 0.15) is 0 Å². The van der Waals surface area contributed by atoms with E-state index in [-0.39, 0.29) is 11.3 Å². The maximum Gasteiger partial charge on any atom is 0.335 e. The van der Waals surface area contributed by atoms with E-state index in [1.165, 1.54) is 0 Å². The molecule has 0 aliphatic heterocycles. The highest BCUT2D eigenvalue weighted by molar-refractivity contribution is 5.92. The molecular weight excluding hydrogens is 304 g/mol. The molecule has 0 saturated heterocycles. The number of ether oxygens (including phenoxy) is 1. The Morgan fingerprint density at radius 3 is 2.48 bits per heavy atom. The molecule has 0 unspecified atom stereocenters. The standard InChI is InChI=1S/C15H12N2O6/c18-14(16-11-4-2-1-3-5-11)9-23-13-8-10(15(19)20)6-7-12(13)17(21)22/h1-8H,9H2,(H,16,18)(H,19,20). The number of hydrogen-bond acceptors (Lipinski definition) is 5. The Balaban J connectivity index is 2.09. The van der Waals surface area contributed by atoms with Gasteiger partial charge in [0.25, 0.3) is 5.91 Å². The first-order valence-electron chi connectivity index (χ1n) is 6.47. The molecule has 8 nitrogen and oxygen atoms in total.